The monoisotopic (exact) mass is 392 g/mol. The summed E-state index contributed by atoms with van der Waals surface area (Å²) in [5, 5.41) is 3.25. The molecule has 0 saturated carbocycles. The fraction of sp³-hybridized carbons (Fsp3) is 0.444. The molecule has 9 heteroatoms. The van der Waals surface area contributed by atoms with E-state index in [1.54, 1.807) is 20.4 Å². The van der Waals surface area contributed by atoms with Crippen molar-refractivity contribution in [1.82, 2.24) is 10.2 Å². The fourth-order valence-corrected chi connectivity index (χ4v) is 3.81. The molecular formula is C18H24N4O4S. The van der Waals surface area contributed by atoms with Gasteiger partial charge in [-0.3, -0.25) is 4.79 Å². The van der Waals surface area contributed by atoms with Gasteiger partial charge in [-0.2, -0.15) is 0 Å². The van der Waals surface area contributed by atoms with Gasteiger partial charge in [-0.15, -0.1) is 11.8 Å². The summed E-state index contributed by atoms with van der Waals surface area (Å²) < 4.78 is 16.2. The third kappa shape index (κ3) is 3.70. The topological polar surface area (TPSA) is 98.4 Å². The van der Waals surface area contributed by atoms with E-state index in [0.29, 0.717) is 49.2 Å². The van der Waals surface area contributed by atoms with Gasteiger partial charge in [0.15, 0.2) is 11.5 Å². The summed E-state index contributed by atoms with van der Waals surface area (Å²) in [5.41, 5.74) is 6.82. The van der Waals surface area contributed by atoms with Gasteiger partial charge in [-0.05, 0) is 24.5 Å². The number of nitrogens with one attached hydrogen (secondary N) is 1. The van der Waals surface area contributed by atoms with Crippen LogP contribution in [-0.4, -0.2) is 63.4 Å². The van der Waals surface area contributed by atoms with Gasteiger partial charge in [0.25, 0.3) is 5.91 Å². The summed E-state index contributed by atoms with van der Waals surface area (Å²) >= 11 is 1.51. The number of methoxy groups -OCH3 is 2. The zero-order valence-electron chi connectivity index (χ0n) is 15.7. The Balaban J connectivity index is 2.06. The lowest BCUT2D eigenvalue weighted by molar-refractivity contribution is -0.114. The van der Waals surface area contributed by atoms with E-state index in [2.05, 4.69) is 5.32 Å². The third-order valence-corrected chi connectivity index (χ3v) is 5.60. The van der Waals surface area contributed by atoms with Crippen LogP contribution in [0.25, 0.3) is 0 Å². The lowest BCUT2D eigenvalue weighted by Crippen LogP contribution is -2.49. The maximum absolute atomic E-state index is 12.0. The van der Waals surface area contributed by atoms with Crippen molar-refractivity contribution in [2.24, 2.45) is 10.7 Å². The van der Waals surface area contributed by atoms with E-state index in [1.807, 2.05) is 29.4 Å². The molecule has 1 saturated heterocycles. The summed E-state index contributed by atoms with van der Waals surface area (Å²) in [6, 6.07) is 5.64. The number of nitrogens with two attached hydrogens (primary N) is 1. The maximum atomic E-state index is 12.0. The van der Waals surface area contributed by atoms with Gasteiger partial charge in [-0.25, -0.2) is 4.99 Å². The molecular weight excluding hydrogens is 368 g/mol. The third-order valence-electron chi connectivity index (χ3n) is 4.56. The molecule has 0 aromatic heterocycles. The number of carbonyl (C=O) groups is 1. The smallest absolute Gasteiger partial charge is 0.253 e. The molecule has 3 N–H and O–H groups in total. The van der Waals surface area contributed by atoms with Crippen LogP contribution in [0.2, 0.25) is 0 Å². The second-order valence-corrected chi connectivity index (χ2v) is 7.02. The van der Waals surface area contributed by atoms with Crippen LogP contribution in [0.4, 0.5) is 0 Å². The number of morpholine rings is 1. The normalized spacial score (nSPS) is 22.4. The number of amides is 1. The van der Waals surface area contributed by atoms with E-state index < -0.39 is 10.9 Å². The molecule has 1 amide bonds. The summed E-state index contributed by atoms with van der Waals surface area (Å²) in [6.07, 6.45) is 3.60. The Labute approximate surface area is 162 Å². The number of nitrogens with zero attached hydrogens (tertiary/aromatic N) is 2. The lowest BCUT2D eigenvalue weighted by atomic mass is 10.1. The first-order chi connectivity index (χ1) is 13.0. The molecule has 2 heterocycles. The molecule has 0 aliphatic carbocycles. The number of rotatable bonds is 5. The Morgan fingerprint density at radius 1 is 1.30 bits per heavy atom. The van der Waals surface area contributed by atoms with Crippen molar-refractivity contribution < 1.29 is 19.0 Å². The SMILES string of the molecule is COc1ccc(C2(SC)N=C(N3CCOCC3)C(C(N)=O)=CN2)cc1OC. The van der Waals surface area contributed by atoms with Gasteiger partial charge >= 0.3 is 0 Å². The Hall–Kier alpha value is -2.39. The highest BCUT2D eigenvalue weighted by molar-refractivity contribution is 7.99. The highest BCUT2D eigenvalue weighted by Crippen LogP contribution is 2.40. The van der Waals surface area contributed by atoms with Gasteiger partial charge in [0, 0.05) is 24.9 Å². The van der Waals surface area contributed by atoms with Crippen LogP contribution < -0.4 is 20.5 Å². The Morgan fingerprint density at radius 2 is 2.00 bits per heavy atom. The van der Waals surface area contributed by atoms with E-state index in [-0.39, 0.29) is 0 Å². The fourth-order valence-electron chi connectivity index (χ4n) is 3.09. The quantitative estimate of drug-likeness (QED) is 0.767. The highest BCUT2D eigenvalue weighted by Gasteiger charge is 2.37. The first-order valence-corrected chi connectivity index (χ1v) is 9.75. The number of hydrogen-bond donors (Lipinski definition) is 2. The van der Waals surface area contributed by atoms with Crippen molar-refractivity contribution >= 4 is 23.5 Å². The number of thioether (sulfide) groups is 1. The maximum Gasteiger partial charge on any atom is 0.253 e. The highest BCUT2D eigenvalue weighted by atomic mass is 32.2. The molecule has 1 aromatic rings. The van der Waals surface area contributed by atoms with Gasteiger partial charge < -0.3 is 30.2 Å². The zero-order chi connectivity index (χ0) is 19.4. The number of ether oxygens (including phenoxy) is 3. The first kappa shape index (κ1) is 19.4. The van der Waals surface area contributed by atoms with Crippen molar-refractivity contribution in [1.29, 1.82) is 0 Å². The van der Waals surface area contributed by atoms with Gasteiger partial charge in [0.1, 0.15) is 5.84 Å². The number of amidine groups is 1. The van der Waals surface area contributed by atoms with Crippen LogP contribution in [0.3, 0.4) is 0 Å². The van der Waals surface area contributed by atoms with Gasteiger partial charge in [-0.1, -0.05) is 0 Å². The number of benzene rings is 1. The summed E-state index contributed by atoms with van der Waals surface area (Å²) in [4.78, 5) is 18.1. The standard InChI is InChI=1S/C18H24N4O4S/c1-24-14-5-4-12(10-15(14)25-2)18(27-3)20-11-13(16(19)23)17(21-18)22-6-8-26-9-7-22/h4-5,10-11,20H,6-9H2,1-3H3,(H2,19,23). The van der Waals surface area contributed by atoms with Gasteiger partial charge in [0.2, 0.25) is 4.99 Å². The molecule has 146 valence electrons. The van der Waals surface area contributed by atoms with E-state index >= 15 is 0 Å². The molecule has 27 heavy (non-hydrogen) atoms. The Kier molecular flexibility index (Phi) is 5.81. The van der Waals surface area contributed by atoms with Crippen molar-refractivity contribution in [2.75, 3.05) is 46.8 Å². The molecule has 8 nitrogen and oxygen atoms in total. The van der Waals surface area contributed by atoms with Crippen LogP contribution in [0.15, 0.2) is 35.0 Å². The first-order valence-electron chi connectivity index (χ1n) is 8.53. The summed E-state index contributed by atoms with van der Waals surface area (Å²) in [7, 11) is 3.19. The average molecular weight is 392 g/mol. The van der Waals surface area contributed by atoms with E-state index in [1.165, 1.54) is 11.8 Å². The van der Waals surface area contributed by atoms with Crippen molar-refractivity contribution in [3.63, 3.8) is 0 Å². The predicted octanol–water partition coefficient (Wildman–Crippen LogP) is 0.880. The second kappa shape index (κ2) is 8.10. The van der Waals surface area contributed by atoms with Crippen LogP contribution in [0.5, 0.6) is 11.5 Å². The van der Waals surface area contributed by atoms with E-state index in [4.69, 9.17) is 24.9 Å². The minimum atomic E-state index is -0.813. The van der Waals surface area contributed by atoms with Crippen LogP contribution >= 0.6 is 11.8 Å². The number of hydrogen-bond acceptors (Lipinski definition) is 8. The van der Waals surface area contributed by atoms with E-state index in [0.717, 1.165) is 5.56 Å². The molecule has 0 spiro atoms. The largest absolute Gasteiger partial charge is 0.493 e. The molecule has 1 unspecified atom stereocenters. The molecule has 1 aromatic carbocycles. The van der Waals surface area contributed by atoms with Crippen molar-refractivity contribution in [3.05, 3.63) is 35.5 Å². The predicted molar refractivity (Wildman–Crippen MR) is 105 cm³/mol. The van der Waals surface area contributed by atoms with Gasteiger partial charge in [0.05, 0.1) is 33.0 Å². The summed E-state index contributed by atoms with van der Waals surface area (Å²) in [5.74, 6) is 1.31. The summed E-state index contributed by atoms with van der Waals surface area (Å²) in [6.45, 7) is 2.47. The van der Waals surface area contributed by atoms with E-state index in [9.17, 15) is 4.79 Å². The van der Waals surface area contributed by atoms with Crippen LogP contribution in [0, 0.1) is 0 Å². The van der Waals surface area contributed by atoms with Crippen LogP contribution in [0.1, 0.15) is 5.56 Å². The molecule has 1 atom stereocenters. The Bertz CT molecular complexity index is 777. The number of carbonyl (C=O) groups excluding carboxylic acids is 1. The molecule has 2 aliphatic heterocycles. The molecule has 0 radical (unpaired) electrons. The molecule has 1 fully saturated rings. The molecule has 0 bridgehead atoms. The minimum Gasteiger partial charge on any atom is -0.493 e. The number of primary amides is 1. The van der Waals surface area contributed by atoms with Crippen LogP contribution in [-0.2, 0) is 14.5 Å². The minimum absolute atomic E-state index is 0.363. The molecule has 2 aliphatic rings. The Morgan fingerprint density at radius 3 is 2.59 bits per heavy atom. The van der Waals surface area contributed by atoms with Crippen molar-refractivity contribution in [3.8, 4) is 11.5 Å². The average Bonchev–Trinajstić information content (AvgIpc) is 2.73. The lowest BCUT2D eigenvalue weighted by Gasteiger charge is -2.38. The number of aliphatic imine (C=N–C) groups is 1. The van der Waals surface area contributed by atoms with Crippen molar-refractivity contribution in [2.45, 2.75) is 4.99 Å². The second-order valence-electron chi connectivity index (χ2n) is 6.02. The zero-order valence-corrected chi connectivity index (χ0v) is 16.5. The molecule has 3 rings (SSSR count).